The summed E-state index contributed by atoms with van der Waals surface area (Å²) < 4.78 is 1.89. The number of aromatic nitrogens is 2. The highest BCUT2D eigenvalue weighted by molar-refractivity contribution is 6.39. The quantitative estimate of drug-likeness (QED) is 0.543. The molecule has 0 saturated carbocycles. The molecular formula is C16H19N5O3. The Morgan fingerprint density at radius 2 is 1.71 bits per heavy atom. The predicted molar refractivity (Wildman–Crippen MR) is 89.2 cm³/mol. The smallest absolute Gasteiger partial charge is 0.313 e. The Morgan fingerprint density at radius 1 is 1.04 bits per heavy atom. The molecule has 8 heteroatoms. The molecule has 1 heterocycles. The number of benzene rings is 1. The third kappa shape index (κ3) is 5.56. The van der Waals surface area contributed by atoms with E-state index in [1.165, 1.54) is 6.92 Å². The highest BCUT2D eigenvalue weighted by Gasteiger charge is 2.12. The fourth-order valence-corrected chi connectivity index (χ4v) is 1.99. The van der Waals surface area contributed by atoms with Crippen molar-refractivity contribution in [1.29, 1.82) is 0 Å². The SMILES string of the molecule is CC(=O)Nc1ccc(NC(=O)C(=O)NCCCn2ccnc2)cc1. The van der Waals surface area contributed by atoms with Crippen LogP contribution in [0.4, 0.5) is 11.4 Å². The Morgan fingerprint density at radius 3 is 2.29 bits per heavy atom. The zero-order valence-electron chi connectivity index (χ0n) is 13.3. The van der Waals surface area contributed by atoms with Crippen LogP contribution in [0.25, 0.3) is 0 Å². The van der Waals surface area contributed by atoms with Gasteiger partial charge in [0.2, 0.25) is 5.91 Å². The largest absolute Gasteiger partial charge is 0.348 e. The molecule has 126 valence electrons. The molecule has 0 spiro atoms. The Balaban J connectivity index is 1.72. The summed E-state index contributed by atoms with van der Waals surface area (Å²) in [4.78, 5) is 38.4. The van der Waals surface area contributed by atoms with Gasteiger partial charge in [-0.1, -0.05) is 0 Å². The lowest BCUT2D eigenvalue weighted by molar-refractivity contribution is -0.136. The van der Waals surface area contributed by atoms with Crippen molar-refractivity contribution < 1.29 is 14.4 Å². The van der Waals surface area contributed by atoms with Crippen LogP contribution in [0.3, 0.4) is 0 Å². The van der Waals surface area contributed by atoms with Gasteiger partial charge in [-0.3, -0.25) is 14.4 Å². The van der Waals surface area contributed by atoms with Gasteiger partial charge in [0.1, 0.15) is 0 Å². The molecule has 3 N–H and O–H groups in total. The fourth-order valence-electron chi connectivity index (χ4n) is 1.99. The predicted octanol–water partition coefficient (Wildman–Crippen LogP) is 0.986. The summed E-state index contributed by atoms with van der Waals surface area (Å²) in [5.41, 5.74) is 1.09. The minimum Gasteiger partial charge on any atom is -0.348 e. The molecule has 1 aromatic carbocycles. The van der Waals surface area contributed by atoms with Gasteiger partial charge in [-0.05, 0) is 30.7 Å². The van der Waals surface area contributed by atoms with E-state index < -0.39 is 11.8 Å². The Labute approximate surface area is 139 Å². The minimum absolute atomic E-state index is 0.179. The first-order chi connectivity index (χ1) is 11.5. The normalized spacial score (nSPS) is 10.0. The van der Waals surface area contributed by atoms with E-state index in [0.29, 0.717) is 30.9 Å². The monoisotopic (exact) mass is 329 g/mol. The lowest BCUT2D eigenvalue weighted by atomic mass is 10.2. The van der Waals surface area contributed by atoms with Crippen LogP contribution < -0.4 is 16.0 Å². The number of hydrogen-bond acceptors (Lipinski definition) is 4. The van der Waals surface area contributed by atoms with Gasteiger partial charge in [0.05, 0.1) is 6.33 Å². The van der Waals surface area contributed by atoms with Crippen molar-refractivity contribution in [3.63, 3.8) is 0 Å². The number of anilines is 2. The number of amides is 3. The molecule has 8 nitrogen and oxygen atoms in total. The van der Waals surface area contributed by atoms with E-state index in [0.717, 1.165) is 0 Å². The molecule has 0 saturated heterocycles. The lowest BCUT2D eigenvalue weighted by Crippen LogP contribution is -2.36. The zero-order chi connectivity index (χ0) is 17.4. The van der Waals surface area contributed by atoms with Crippen molar-refractivity contribution in [2.45, 2.75) is 19.9 Å². The van der Waals surface area contributed by atoms with Crippen molar-refractivity contribution in [2.24, 2.45) is 0 Å². The van der Waals surface area contributed by atoms with Gasteiger partial charge in [0, 0.05) is 43.8 Å². The first-order valence-corrected chi connectivity index (χ1v) is 7.47. The van der Waals surface area contributed by atoms with Crippen molar-refractivity contribution in [3.8, 4) is 0 Å². The summed E-state index contributed by atoms with van der Waals surface area (Å²) in [7, 11) is 0. The standard InChI is InChI=1S/C16H19N5O3/c1-12(22)19-13-3-5-14(6-4-13)20-16(24)15(23)18-7-2-9-21-10-8-17-11-21/h3-6,8,10-11H,2,7,9H2,1H3,(H,18,23)(H,19,22)(H,20,24). The molecule has 0 atom stereocenters. The van der Waals surface area contributed by atoms with E-state index in [2.05, 4.69) is 20.9 Å². The number of carbonyl (C=O) groups excluding carboxylic acids is 3. The van der Waals surface area contributed by atoms with Crippen LogP contribution in [0.5, 0.6) is 0 Å². The second-order valence-corrected chi connectivity index (χ2v) is 5.12. The third-order valence-corrected chi connectivity index (χ3v) is 3.11. The summed E-state index contributed by atoms with van der Waals surface area (Å²) >= 11 is 0. The van der Waals surface area contributed by atoms with Crippen molar-refractivity contribution in [1.82, 2.24) is 14.9 Å². The molecule has 0 fully saturated rings. The summed E-state index contributed by atoms with van der Waals surface area (Å²) in [6.07, 6.45) is 5.91. The maximum atomic E-state index is 11.8. The van der Waals surface area contributed by atoms with Crippen molar-refractivity contribution >= 4 is 29.1 Å². The van der Waals surface area contributed by atoms with Crippen LogP contribution in [0.15, 0.2) is 43.0 Å². The van der Waals surface area contributed by atoms with E-state index in [9.17, 15) is 14.4 Å². The Hall–Kier alpha value is -3.16. The number of rotatable bonds is 6. The molecule has 3 amide bonds. The number of imidazole rings is 1. The maximum absolute atomic E-state index is 11.8. The minimum atomic E-state index is -0.732. The number of nitrogens with zero attached hydrogens (tertiary/aromatic N) is 2. The summed E-state index contributed by atoms with van der Waals surface area (Å²) in [6.45, 7) is 2.52. The van der Waals surface area contributed by atoms with Crippen molar-refractivity contribution in [3.05, 3.63) is 43.0 Å². The molecule has 0 radical (unpaired) electrons. The molecule has 0 aliphatic rings. The number of hydrogen-bond donors (Lipinski definition) is 3. The van der Waals surface area contributed by atoms with Crippen LogP contribution in [0.2, 0.25) is 0 Å². The molecule has 0 aliphatic carbocycles. The Kier molecular flexibility index (Phi) is 6.07. The number of carbonyl (C=O) groups is 3. The van der Waals surface area contributed by atoms with Gasteiger partial charge in [-0.25, -0.2) is 4.98 Å². The van der Waals surface area contributed by atoms with E-state index >= 15 is 0 Å². The molecule has 0 unspecified atom stereocenters. The summed E-state index contributed by atoms with van der Waals surface area (Å²) in [5.74, 6) is -1.60. The molecular weight excluding hydrogens is 310 g/mol. The van der Waals surface area contributed by atoms with Crippen LogP contribution in [0.1, 0.15) is 13.3 Å². The molecule has 2 aromatic rings. The van der Waals surface area contributed by atoms with Crippen molar-refractivity contribution in [2.75, 3.05) is 17.2 Å². The fraction of sp³-hybridized carbons (Fsp3) is 0.250. The van der Waals surface area contributed by atoms with E-state index in [4.69, 9.17) is 0 Å². The van der Waals surface area contributed by atoms with E-state index in [1.807, 2.05) is 10.8 Å². The van der Waals surface area contributed by atoms with Crippen LogP contribution in [-0.2, 0) is 20.9 Å². The highest BCUT2D eigenvalue weighted by atomic mass is 16.2. The average molecular weight is 329 g/mol. The molecule has 2 rings (SSSR count). The van der Waals surface area contributed by atoms with E-state index in [-0.39, 0.29) is 5.91 Å². The zero-order valence-corrected chi connectivity index (χ0v) is 13.3. The second kappa shape index (κ2) is 8.47. The molecule has 24 heavy (non-hydrogen) atoms. The first kappa shape index (κ1) is 17.2. The van der Waals surface area contributed by atoms with Gasteiger partial charge in [-0.2, -0.15) is 0 Å². The van der Waals surface area contributed by atoms with Gasteiger partial charge >= 0.3 is 11.8 Å². The van der Waals surface area contributed by atoms with Crippen LogP contribution in [0, 0.1) is 0 Å². The topological polar surface area (TPSA) is 105 Å². The second-order valence-electron chi connectivity index (χ2n) is 5.12. The summed E-state index contributed by atoms with van der Waals surface area (Å²) in [6, 6.07) is 6.49. The Bertz CT molecular complexity index is 695. The van der Waals surface area contributed by atoms with Gasteiger partial charge in [-0.15, -0.1) is 0 Å². The molecule has 1 aromatic heterocycles. The van der Waals surface area contributed by atoms with Gasteiger partial charge in [0.15, 0.2) is 0 Å². The molecule has 0 bridgehead atoms. The maximum Gasteiger partial charge on any atom is 0.313 e. The van der Waals surface area contributed by atoms with E-state index in [1.54, 1.807) is 36.8 Å². The summed E-state index contributed by atoms with van der Waals surface area (Å²) in [5, 5.41) is 7.68. The first-order valence-electron chi connectivity index (χ1n) is 7.47. The highest BCUT2D eigenvalue weighted by Crippen LogP contribution is 2.13. The van der Waals surface area contributed by atoms with Gasteiger partial charge < -0.3 is 20.5 Å². The lowest BCUT2D eigenvalue weighted by Gasteiger charge is -2.08. The van der Waals surface area contributed by atoms with Crippen LogP contribution >= 0.6 is 0 Å². The van der Waals surface area contributed by atoms with Gasteiger partial charge in [0.25, 0.3) is 0 Å². The molecule has 0 aliphatic heterocycles. The number of nitrogens with one attached hydrogen (secondary N) is 3. The van der Waals surface area contributed by atoms with Crippen LogP contribution in [-0.4, -0.2) is 33.8 Å². The number of aryl methyl sites for hydroxylation is 1. The average Bonchev–Trinajstić information content (AvgIpc) is 3.06. The third-order valence-electron chi connectivity index (χ3n) is 3.11.